The third-order valence-corrected chi connectivity index (χ3v) is 4.77. The molecule has 1 aliphatic heterocycles. The van der Waals surface area contributed by atoms with Crippen LogP contribution in [0.2, 0.25) is 5.02 Å². The molecule has 2 heterocycles. The number of rotatable bonds is 3. The van der Waals surface area contributed by atoms with Crippen molar-refractivity contribution >= 4 is 17.4 Å². The standard InChI is InChI=1S/C18H19ClN4/c1-14(16-6-2-3-7-17(16)19)22-9-11-23(12-10-22)18-15(13-20)5-4-8-21-18/h2-8,14H,9-12H2,1H3. The summed E-state index contributed by atoms with van der Waals surface area (Å²) in [5, 5.41) is 10.0. The van der Waals surface area contributed by atoms with E-state index in [0.717, 1.165) is 42.6 Å². The van der Waals surface area contributed by atoms with Crippen LogP contribution in [0.1, 0.15) is 24.1 Å². The molecule has 4 nitrogen and oxygen atoms in total. The van der Waals surface area contributed by atoms with Gasteiger partial charge in [-0.25, -0.2) is 4.98 Å². The lowest BCUT2D eigenvalue weighted by Crippen LogP contribution is -2.47. The van der Waals surface area contributed by atoms with Crippen molar-refractivity contribution in [3.05, 3.63) is 58.7 Å². The number of pyridine rings is 1. The van der Waals surface area contributed by atoms with Crippen LogP contribution in [0.3, 0.4) is 0 Å². The largest absolute Gasteiger partial charge is 0.353 e. The molecule has 5 heteroatoms. The predicted molar refractivity (Wildman–Crippen MR) is 92.6 cm³/mol. The fourth-order valence-corrected chi connectivity index (χ4v) is 3.36. The summed E-state index contributed by atoms with van der Waals surface area (Å²) in [4.78, 5) is 8.99. The Morgan fingerprint density at radius 3 is 2.57 bits per heavy atom. The Morgan fingerprint density at radius 2 is 1.87 bits per heavy atom. The summed E-state index contributed by atoms with van der Waals surface area (Å²) in [6, 6.07) is 14.1. The molecule has 3 rings (SSSR count). The molecule has 2 aromatic rings. The lowest BCUT2D eigenvalue weighted by atomic mass is 10.1. The van der Waals surface area contributed by atoms with Crippen molar-refractivity contribution < 1.29 is 0 Å². The van der Waals surface area contributed by atoms with E-state index in [4.69, 9.17) is 11.6 Å². The zero-order chi connectivity index (χ0) is 16.2. The summed E-state index contributed by atoms with van der Waals surface area (Å²) >= 11 is 6.32. The summed E-state index contributed by atoms with van der Waals surface area (Å²) < 4.78 is 0. The fourth-order valence-electron chi connectivity index (χ4n) is 3.07. The third kappa shape index (κ3) is 3.31. The molecule has 1 aromatic heterocycles. The summed E-state index contributed by atoms with van der Waals surface area (Å²) in [5.41, 5.74) is 1.80. The van der Waals surface area contributed by atoms with Crippen LogP contribution in [0.25, 0.3) is 0 Å². The van der Waals surface area contributed by atoms with Gasteiger partial charge in [0.15, 0.2) is 0 Å². The highest BCUT2D eigenvalue weighted by Crippen LogP contribution is 2.28. The predicted octanol–water partition coefficient (Wildman–Crippen LogP) is 3.49. The highest BCUT2D eigenvalue weighted by molar-refractivity contribution is 6.31. The number of hydrogen-bond acceptors (Lipinski definition) is 4. The number of anilines is 1. The number of aromatic nitrogens is 1. The maximum Gasteiger partial charge on any atom is 0.146 e. The molecule has 23 heavy (non-hydrogen) atoms. The molecular weight excluding hydrogens is 308 g/mol. The summed E-state index contributed by atoms with van der Waals surface area (Å²) in [6.45, 7) is 5.76. The molecule has 0 saturated carbocycles. The Balaban J connectivity index is 1.69. The molecule has 0 aliphatic carbocycles. The number of nitriles is 1. The maximum atomic E-state index is 9.23. The number of benzene rings is 1. The van der Waals surface area contributed by atoms with Gasteiger partial charge in [0.05, 0.1) is 5.56 Å². The lowest BCUT2D eigenvalue weighted by molar-refractivity contribution is 0.198. The van der Waals surface area contributed by atoms with Gasteiger partial charge in [0, 0.05) is 43.4 Å². The monoisotopic (exact) mass is 326 g/mol. The van der Waals surface area contributed by atoms with Crippen LogP contribution < -0.4 is 4.90 Å². The maximum absolute atomic E-state index is 9.23. The molecule has 1 aliphatic rings. The summed E-state index contributed by atoms with van der Waals surface area (Å²) in [6.07, 6.45) is 1.74. The summed E-state index contributed by atoms with van der Waals surface area (Å²) in [7, 11) is 0. The lowest BCUT2D eigenvalue weighted by Gasteiger charge is -2.39. The van der Waals surface area contributed by atoms with E-state index in [-0.39, 0.29) is 6.04 Å². The fraction of sp³-hybridized carbons (Fsp3) is 0.333. The zero-order valence-electron chi connectivity index (χ0n) is 13.1. The van der Waals surface area contributed by atoms with Crippen molar-refractivity contribution in [1.29, 1.82) is 5.26 Å². The van der Waals surface area contributed by atoms with E-state index in [2.05, 4.69) is 33.8 Å². The number of nitrogens with zero attached hydrogens (tertiary/aromatic N) is 4. The topological polar surface area (TPSA) is 43.2 Å². The molecule has 0 amide bonds. The van der Waals surface area contributed by atoms with Crippen molar-refractivity contribution in [2.75, 3.05) is 31.1 Å². The Morgan fingerprint density at radius 1 is 1.13 bits per heavy atom. The molecule has 1 saturated heterocycles. The van der Waals surface area contributed by atoms with Crippen molar-refractivity contribution in [3.63, 3.8) is 0 Å². The molecule has 0 N–H and O–H groups in total. The molecule has 1 aromatic carbocycles. The average molecular weight is 327 g/mol. The zero-order valence-corrected chi connectivity index (χ0v) is 13.9. The normalized spacial score (nSPS) is 16.8. The molecule has 118 valence electrons. The van der Waals surface area contributed by atoms with Gasteiger partial charge >= 0.3 is 0 Å². The van der Waals surface area contributed by atoms with E-state index in [1.165, 1.54) is 0 Å². The smallest absolute Gasteiger partial charge is 0.146 e. The van der Waals surface area contributed by atoms with Crippen LogP contribution in [0.15, 0.2) is 42.6 Å². The second-order valence-electron chi connectivity index (χ2n) is 5.71. The van der Waals surface area contributed by atoms with E-state index >= 15 is 0 Å². The first kappa shape index (κ1) is 15.8. The van der Waals surface area contributed by atoms with Gasteiger partial charge in [0.25, 0.3) is 0 Å². The van der Waals surface area contributed by atoms with Gasteiger partial charge < -0.3 is 4.90 Å². The van der Waals surface area contributed by atoms with Gasteiger partial charge in [0.1, 0.15) is 11.9 Å². The van der Waals surface area contributed by atoms with E-state index in [1.807, 2.05) is 24.3 Å². The van der Waals surface area contributed by atoms with Gasteiger partial charge in [-0.15, -0.1) is 0 Å². The van der Waals surface area contributed by atoms with Crippen LogP contribution in [-0.4, -0.2) is 36.1 Å². The van der Waals surface area contributed by atoms with Crippen LogP contribution in [0, 0.1) is 11.3 Å². The Bertz CT molecular complexity index is 717. The van der Waals surface area contributed by atoms with Crippen LogP contribution in [-0.2, 0) is 0 Å². The minimum Gasteiger partial charge on any atom is -0.353 e. The van der Waals surface area contributed by atoms with Crippen molar-refractivity contribution in [2.45, 2.75) is 13.0 Å². The first-order valence-corrected chi connectivity index (χ1v) is 8.17. The Labute approximate surface area is 141 Å². The number of halogens is 1. The number of piperazine rings is 1. The van der Waals surface area contributed by atoms with E-state index in [1.54, 1.807) is 12.3 Å². The molecule has 0 radical (unpaired) electrons. The molecule has 0 spiro atoms. The minimum atomic E-state index is 0.282. The first-order chi connectivity index (χ1) is 11.2. The Kier molecular flexibility index (Phi) is 4.80. The van der Waals surface area contributed by atoms with E-state index in [9.17, 15) is 5.26 Å². The third-order valence-electron chi connectivity index (χ3n) is 4.42. The van der Waals surface area contributed by atoms with Crippen molar-refractivity contribution in [2.24, 2.45) is 0 Å². The van der Waals surface area contributed by atoms with E-state index < -0.39 is 0 Å². The highest BCUT2D eigenvalue weighted by atomic mass is 35.5. The van der Waals surface area contributed by atoms with Crippen molar-refractivity contribution in [1.82, 2.24) is 9.88 Å². The molecular formula is C18H19ClN4. The minimum absolute atomic E-state index is 0.282. The molecule has 0 bridgehead atoms. The van der Waals surface area contributed by atoms with Gasteiger partial charge in [-0.05, 0) is 30.7 Å². The molecule has 1 atom stereocenters. The van der Waals surface area contributed by atoms with Crippen molar-refractivity contribution in [3.8, 4) is 6.07 Å². The molecule has 1 unspecified atom stereocenters. The van der Waals surface area contributed by atoms with Gasteiger partial charge in [-0.1, -0.05) is 29.8 Å². The van der Waals surface area contributed by atoms with Gasteiger partial charge in [0.2, 0.25) is 0 Å². The Hall–Kier alpha value is -2.09. The van der Waals surface area contributed by atoms with Crippen LogP contribution in [0.5, 0.6) is 0 Å². The quantitative estimate of drug-likeness (QED) is 0.866. The van der Waals surface area contributed by atoms with Crippen LogP contribution >= 0.6 is 11.6 Å². The highest BCUT2D eigenvalue weighted by Gasteiger charge is 2.24. The second kappa shape index (κ2) is 6.99. The van der Waals surface area contributed by atoms with Gasteiger partial charge in [-0.2, -0.15) is 5.26 Å². The van der Waals surface area contributed by atoms with E-state index in [0.29, 0.717) is 5.56 Å². The van der Waals surface area contributed by atoms with Crippen LogP contribution in [0.4, 0.5) is 5.82 Å². The SMILES string of the molecule is CC(c1ccccc1Cl)N1CCN(c2ncccc2C#N)CC1. The second-order valence-corrected chi connectivity index (χ2v) is 6.11. The van der Waals surface area contributed by atoms with Gasteiger partial charge in [-0.3, -0.25) is 4.90 Å². The molecule has 1 fully saturated rings. The average Bonchev–Trinajstić information content (AvgIpc) is 2.61. The summed E-state index contributed by atoms with van der Waals surface area (Å²) in [5.74, 6) is 0.792. The first-order valence-electron chi connectivity index (χ1n) is 7.79. The number of hydrogen-bond donors (Lipinski definition) is 0.